The molecule has 0 fully saturated rings. The Hall–Kier alpha value is -2.84. The predicted molar refractivity (Wildman–Crippen MR) is 131 cm³/mol. The highest BCUT2D eigenvalue weighted by molar-refractivity contribution is 7.08. The van der Waals surface area contributed by atoms with Crippen LogP contribution in [-0.2, 0) is 14.3 Å². The standard InChI is InChI=1S/C27H32O4S/c1-27(2,3)16-8-5-6-13-24(26(29)30-4)25(28)14-7-9-17-31-23-12-10-11-21(19-23)22-15-18-32-20-22/h5-6,10-12,15,18-20,24H,7,9,13-14,17H2,1-4H3/b6-5+. The molecule has 0 N–H and O–H groups in total. The number of esters is 1. The summed E-state index contributed by atoms with van der Waals surface area (Å²) in [7, 11) is 1.31. The lowest BCUT2D eigenvalue weighted by Crippen LogP contribution is -2.24. The van der Waals surface area contributed by atoms with Gasteiger partial charge in [0.15, 0.2) is 0 Å². The SMILES string of the molecule is COC(=O)C(C/C=C/C#CC(C)(C)C)C(=O)CCCCOc1cccc(-c2ccsc2)c1. The Morgan fingerprint density at radius 2 is 1.97 bits per heavy atom. The van der Waals surface area contributed by atoms with Gasteiger partial charge in [-0.1, -0.05) is 30.0 Å². The summed E-state index contributed by atoms with van der Waals surface area (Å²) in [6, 6.07) is 10.1. The van der Waals surface area contributed by atoms with Crippen molar-refractivity contribution < 1.29 is 19.1 Å². The fraction of sp³-hybridized carbons (Fsp3) is 0.407. The van der Waals surface area contributed by atoms with Crippen molar-refractivity contribution in [2.75, 3.05) is 13.7 Å². The first-order chi connectivity index (χ1) is 15.3. The van der Waals surface area contributed by atoms with Gasteiger partial charge in [-0.05, 0) is 86.2 Å². The van der Waals surface area contributed by atoms with Crippen LogP contribution in [0.2, 0.25) is 0 Å². The zero-order valence-corrected chi connectivity index (χ0v) is 20.2. The van der Waals surface area contributed by atoms with E-state index in [0.717, 1.165) is 17.7 Å². The maximum Gasteiger partial charge on any atom is 0.316 e. The van der Waals surface area contributed by atoms with Crippen molar-refractivity contribution in [1.29, 1.82) is 0 Å². The van der Waals surface area contributed by atoms with E-state index in [9.17, 15) is 9.59 Å². The van der Waals surface area contributed by atoms with Crippen LogP contribution in [0.3, 0.4) is 0 Å². The second-order valence-corrected chi connectivity index (χ2v) is 9.32. The highest BCUT2D eigenvalue weighted by Gasteiger charge is 2.25. The molecule has 0 saturated carbocycles. The molecule has 1 aromatic carbocycles. The Morgan fingerprint density at radius 3 is 2.66 bits per heavy atom. The first-order valence-electron chi connectivity index (χ1n) is 10.8. The molecule has 170 valence electrons. The van der Waals surface area contributed by atoms with Crippen LogP contribution in [0.1, 0.15) is 46.5 Å². The molecule has 1 atom stereocenters. The minimum absolute atomic E-state index is 0.0881. The van der Waals surface area contributed by atoms with E-state index in [0.29, 0.717) is 25.9 Å². The van der Waals surface area contributed by atoms with Crippen molar-refractivity contribution >= 4 is 23.1 Å². The monoisotopic (exact) mass is 452 g/mol. The lowest BCUT2D eigenvalue weighted by atomic mass is 9.95. The predicted octanol–water partition coefficient (Wildman–Crippen LogP) is 6.32. The quantitative estimate of drug-likeness (QED) is 0.173. The van der Waals surface area contributed by atoms with Gasteiger partial charge in [-0.15, -0.1) is 0 Å². The molecular formula is C27H32O4S. The molecule has 0 spiro atoms. The minimum atomic E-state index is -0.782. The number of ketones is 1. The van der Waals surface area contributed by atoms with Gasteiger partial charge in [-0.3, -0.25) is 9.59 Å². The third-order valence-electron chi connectivity index (χ3n) is 4.67. The number of rotatable bonds is 11. The number of unbranched alkanes of at least 4 members (excludes halogenated alkanes) is 1. The summed E-state index contributed by atoms with van der Waals surface area (Å²) in [5.41, 5.74) is 2.22. The molecule has 4 nitrogen and oxygen atoms in total. The van der Waals surface area contributed by atoms with E-state index in [2.05, 4.69) is 34.7 Å². The Morgan fingerprint density at radius 1 is 1.16 bits per heavy atom. The van der Waals surface area contributed by atoms with Gasteiger partial charge in [0.1, 0.15) is 17.5 Å². The highest BCUT2D eigenvalue weighted by Crippen LogP contribution is 2.26. The number of ether oxygens (including phenoxy) is 2. The number of hydrogen-bond acceptors (Lipinski definition) is 5. The molecule has 1 unspecified atom stereocenters. The maximum atomic E-state index is 12.6. The van der Waals surface area contributed by atoms with Gasteiger partial charge >= 0.3 is 5.97 Å². The molecule has 0 aliphatic carbocycles. The zero-order chi connectivity index (χ0) is 23.4. The van der Waals surface area contributed by atoms with Crippen molar-refractivity contribution in [3.63, 3.8) is 0 Å². The van der Waals surface area contributed by atoms with Crippen LogP contribution >= 0.6 is 11.3 Å². The number of Topliss-reactive ketones (excluding diaryl/α,β-unsaturated/α-hetero) is 1. The van der Waals surface area contributed by atoms with Crippen LogP contribution in [0.15, 0.2) is 53.2 Å². The molecule has 5 heteroatoms. The summed E-state index contributed by atoms with van der Waals surface area (Å²) in [6.45, 7) is 6.60. The summed E-state index contributed by atoms with van der Waals surface area (Å²) < 4.78 is 10.7. The van der Waals surface area contributed by atoms with Crippen LogP contribution in [-0.4, -0.2) is 25.5 Å². The van der Waals surface area contributed by atoms with Crippen molar-refractivity contribution in [1.82, 2.24) is 0 Å². The minimum Gasteiger partial charge on any atom is -0.494 e. The van der Waals surface area contributed by atoms with Crippen molar-refractivity contribution in [3.8, 4) is 28.7 Å². The van der Waals surface area contributed by atoms with Crippen LogP contribution < -0.4 is 4.74 Å². The third kappa shape index (κ3) is 9.11. The Bertz CT molecular complexity index is 956. The molecule has 0 aliphatic rings. The lowest BCUT2D eigenvalue weighted by molar-refractivity contribution is -0.149. The Labute approximate surface area is 195 Å². The van der Waals surface area contributed by atoms with Crippen LogP contribution in [0.25, 0.3) is 11.1 Å². The van der Waals surface area contributed by atoms with E-state index in [1.807, 2.05) is 39.0 Å². The fourth-order valence-corrected chi connectivity index (χ4v) is 3.65. The van der Waals surface area contributed by atoms with Crippen LogP contribution in [0.5, 0.6) is 5.75 Å². The molecule has 1 heterocycles. The summed E-state index contributed by atoms with van der Waals surface area (Å²) >= 11 is 1.66. The maximum absolute atomic E-state index is 12.6. The summed E-state index contributed by atoms with van der Waals surface area (Å²) in [5, 5.41) is 4.16. The van der Waals surface area contributed by atoms with E-state index in [-0.39, 0.29) is 11.2 Å². The van der Waals surface area contributed by atoms with Gasteiger partial charge in [0.25, 0.3) is 0 Å². The first kappa shape index (κ1) is 25.4. The highest BCUT2D eigenvalue weighted by atomic mass is 32.1. The molecule has 1 aromatic heterocycles. The molecule has 0 saturated heterocycles. The Balaban J connectivity index is 1.78. The normalized spacial score (nSPS) is 12.1. The zero-order valence-electron chi connectivity index (χ0n) is 19.4. The van der Waals surface area contributed by atoms with E-state index in [1.54, 1.807) is 23.5 Å². The average molecular weight is 453 g/mol. The molecule has 32 heavy (non-hydrogen) atoms. The number of carbonyl (C=O) groups excluding carboxylic acids is 2. The average Bonchev–Trinajstić information content (AvgIpc) is 3.30. The Kier molecular flexibility index (Phi) is 10.2. The van der Waals surface area contributed by atoms with E-state index >= 15 is 0 Å². The lowest BCUT2D eigenvalue weighted by Gasteiger charge is -2.12. The summed E-state index contributed by atoms with van der Waals surface area (Å²) in [5.74, 6) is 5.47. The van der Waals surface area contributed by atoms with Crippen LogP contribution in [0.4, 0.5) is 0 Å². The largest absolute Gasteiger partial charge is 0.494 e. The molecule has 0 aliphatic heterocycles. The number of allylic oxidation sites excluding steroid dienone is 2. The van der Waals surface area contributed by atoms with Gasteiger partial charge in [-0.2, -0.15) is 11.3 Å². The van der Waals surface area contributed by atoms with Gasteiger partial charge in [0.2, 0.25) is 0 Å². The number of thiophene rings is 1. The number of benzene rings is 1. The first-order valence-corrected chi connectivity index (χ1v) is 11.8. The van der Waals surface area contributed by atoms with E-state index in [4.69, 9.17) is 9.47 Å². The third-order valence-corrected chi connectivity index (χ3v) is 5.35. The smallest absolute Gasteiger partial charge is 0.316 e. The van der Waals surface area contributed by atoms with Crippen molar-refractivity contribution in [2.45, 2.75) is 46.5 Å². The van der Waals surface area contributed by atoms with E-state index in [1.165, 1.54) is 12.7 Å². The van der Waals surface area contributed by atoms with Gasteiger partial charge in [0.05, 0.1) is 13.7 Å². The second-order valence-electron chi connectivity index (χ2n) is 8.54. The molecule has 0 amide bonds. The summed E-state index contributed by atoms with van der Waals surface area (Å²) in [4.78, 5) is 24.6. The number of hydrogen-bond donors (Lipinski definition) is 0. The number of carbonyl (C=O) groups is 2. The molecule has 0 bridgehead atoms. The molecule has 2 aromatic rings. The van der Waals surface area contributed by atoms with Gasteiger partial charge < -0.3 is 9.47 Å². The molecule has 2 rings (SSSR count). The fourth-order valence-electron chi connectivity index (χ4n) is 2.98. The van der Waals surface area contributed by atoms with Crippen molar-refractivity contribution in [3.05, 3.63) is 53.2 Å². The second kappa shape index (κ2) is 12.9. The van der Waals surface area contributed by atoms with Crippen LogP contribution in [0, 0.1) is 23.2 Å². The van der Waals surface area contributed by atoms with Gasteiger partial charge in [0, 0.05) is 11.8 Å². The molecular weight excluding hydrogens is 420 g/mol. The van der Waals surface area contributed by atoms with Gasteiger partial charge in [-0.25, -0.2) is 0 Å². The van der Waals surface area contributed by atoms with E-state index < -0.39 is 11.9 Å². The summed E-state index contributed by atoms with van der Waals surface area (Å²) in [6.07, 6.45) is 5.48. The number of methoxy groups -OCH3 is 1. The molecule has 0 radical (unpaired) electrons. The topological polar surface area (TPSA) is 52.6 Å². The van der Waals surface area contributed by atoms with Crippen molar-refractivity contribution in [2.24, 2.45) is 11.3 Å².